The summed E-state index contributed by atoms with van der Waals surface area (Å²) in [5.74, 6) is 0.362. The predicted molar refractivity (Wildman–Crippen MR) is 72.8 cm³/mol. The number of rotatable bonds is 4. The first-order chi connectivity index (χ1) is 8.72. The monoisotopic (exact) mass is 268 g/mol. The van der Waals surface area contributed by atoms with Gasteiger partial charge in [0.05, 0.1) is 5.02 Å². The Morgan fingerprint density at radius 1 is 1.33 bits per heavy atom. The Morgan fingerprint density at radius 3 is 2.89 bits per heavy atom. The van der Waals surface area contributed by atoms with Crippen LogP contribution in [0.15, 0.2) is 18.2 Å². The zero-order valence-corrected chi connectivity index (χ0v) is 11.1. The SMILES string of the molecule is Fc1ccc(N2CCC(CNC3CC3)C2)cc1Cl. The third-order valence-electron chi connectivity index (χ3n) is 3.83. The van der Waals surface area contributed by atoms with Crippen LogP contribution in [0.4, 0.5) is 10.1 Å². The van der Waals surface area contributed by atoms with Crippen molar-refractivity contribution in [3.63, 3.8) is 0 Å². The number of halogens is 2. The van der Waals surface area contributed by atoms with Crippen molar-refractivity contribution in [3.05, 3.63) is 29.0 Å². The third-order valence-corrected chi connectivity index (χ3v) is 4.12. The van der Waals surface area contributed by atoms with E-state index in [0.717, 1.165) is 31.4 Å². The van der Waals surface area contributed by atoms with E-state index in [-0.39, 0.29) is 10.8 Å². The molecular formula is C14H18ClFN2. The molecule has 2 aliphatic rings. The van der Waals surface area contributed by atoms with Crippen molar-refractivity contribution in [3.8, 4) is 0 Å². The minimum Gasteiger partial charge on any atom is -0.371 e. The summed E-state index contributed by atoms with van der Waals surface area (Å²) >= 11 is 5.83. The first-order valence-electron chi connectivity index (χ1n) is 6.66. The van der Waals surface area contributed by atoms with Gasteiger partial charge >= 0.3 is 0 Å². The molecule has 0 amide bonds. The van der Waals surface area contributed by atoms with Crippen LogP contribution < -0.4 is 10.2 Å². The van der Waals surface area contributed by atoms with Gasteiger partial charge in [0.1, 0.15) is 5.82 Å². The second kappa shape index (κ2) is 5.06. The molecule has 98 valence electrons. The molecule has 0 aromatic heterocycles. The van der Waals surface area contributed by atoms with Crippen molar-refractivity contribution in [2.24, 2.45) is 5.92 Å². The van der Waals surface area contributed by atoms with Crippen molar-refractivity contribution in [1.82, 2.24) is 5.32 Å². The Bertz CT molecular complexity index is 434. The molecule has 1 saturated carbocycles. The van der Waals surface area contributed by atoms with Crippen molar-refractivity contribution in [2.75, 3.05) is 24.5 Å². The molecule has 1 aliphatic heterocycles. The maximum atomic E-state index is 13.1. The normalized spacial score (nSPS) is 23.7. The highest BCUT2D eigenvalue weighted by Gasteiger charge is 2.26. The molecular weight excluding hydrogens is 251 g/mol. The zero-order valence-electron chi connectivity index (χ0n) is 10.3. The molecule has 1 saturated heterocycles. The molecule has 1 heterocycles. The summed E-state index contributed by atoms with van der Waals surface area (Å²) in [5.41, 5.74) is 1.04. The highest BCUT2D eigenvalue weighted by atomic mass is 35.5. The first-order valence-corrected chi connectivity index (χ1v) is 7.03. The van der Waals surface area contributed by atoms with Crippen LogP contribution in [0.5, 0.6) is 0 Å². The van der Waals surface area contributed by atoms with Crippen molar-refractivity contribution in [1.29, 1.82) is 0 Å². The molecule has 0 spiro atoms. The number of anilines is 1. The van der Waals surface area contributed by atoms with Crippen LogP contribution in [0.25, 0.3) is 0 Å². The molecule has 1 aromatic rings. The molecule has 0 radical (unpaired) electrons. The van der Waals surface area contributed by atoms with Crippen LogP contribution in [0, 0.1) is 11.7 Å². The Balaban J connectivity index is 1.58. The molecule has 1 N–H and O–H groups in total. The predicted octanol–water partition coefficient (Wildman–Crippen LogP) is 3.06. The summed E-state index contributed by atoms with van der Waals surface area (Å²) in [7, 11) is 0. The fourth-order valence-electron chi connectivity index (χ4n) is 2.54. The van der Waals surface area contributed by atoms with Gasteiger partial charge in [-0.15, -0.1) is 0 Å². The Kier molecular flexibility index (Phi) is 3.44. The lowest BCUT2D eigenvalue weighted by Crippen LogP contribution is -2.27. The van der Waals surface area contributed by atoms with Gasteiger partial charge in [0.25, 0.3) is 0 Å². The average molecular weight is 269 g/mol. The highest BCUT2D eigenvalue weighted by Crippen LogP contribution is 2.28. The van der Waals surface area contributed by atoms with Crippen molar-refractivity contribution < 1.29 is 4.39 Å². The summed E-state index contributed by atoms with van der Waals surface area (Å²) in [5, 5.41) is 3.79. The Hall–Kier alpha value is -0.800. The molecule has 1 atom stereocenters. The fourth-order valence-corrected chi connectivity index (χ4v) is 2.71. The Morgan fingerprint density at radius 2 is 2.17 bits per heavy atom. The Labute approximate surface area is 112 Å². The summed E-state index contributed by atoms with van der Waals surface area (Å²) in [6.07, 6.45) is 3.88. The van der Waals surface area contributed by atoms with Crippen LogP contribution >= 0.6 is 11.6 Å². The van der Waals surface area contributed by atoms with Gasteiger partial charge in [0.2, 0.25) is 0 Å². The van der Waals surface area contributed by atoms with E-state index in [2.05, 4.69) is 10.2 Å². The smallest absolute Gasteiger partial charge is 0.141 e. The topological polar surface area (TPSA) is 15.3 Å². The van der Waals surface area contributed by atoms with Crippen LogP contribution in [-0.2, 0) is 0 Å². The van der Waals surface area contributed by atoms with E-state index in [1.54, 1.807) is 6.07 Å². The van der Waals surface area contributed by atoms with Gasteiger partial charge < -0.3 is 10.2 Å². The van der Waals surface area contributed by atoms with Crippen molar-refractivity contribution >= 4 is 17.3 Å². The quantitative estimate of drug-likeness (QED) is 0.903. The standard InChI is InChI=1S/C14H18ClFN2/c15-13-7-12(3-4-14(13)16)18-6-5-10(9-18)8-17-11-1-2-11/h3-4,7,10-11,17H,1-2,5-6,8-9H2. The summed E-state index contributed by atoms with van der Waals surface area (Å²) in [4.78, 5) is 2.30. The molecule has 0 bridgehead atoms. The number of hydrogen-bond acceptors (Lipinski definition) is 2. The van der Waals surface area contributed by atoms with Crippen LogP contribution in [0.3, 0.4) is 0 Å². The van der Waals surface area contributed by atoms with Crippen LogP contribution in [-0.4, -0.2) is 25.7 Å². The number of hydrogen-bond donors (Lipinski definition) is 1. The maximum Gasteiger partial charge on any atom is 0.141 e. The van der Waals surface area contributed by atoms with Gasteiger partial charge in [-0.05, 0) is 49.9 Å². The molecule has 3 rings (SSSR count). The second-order valence-electron chi connectivity index (χ2n) is 5.38. The van der Waals surface area contributed by atoms with Gasteiger partial charge in [-0.2, -0.15) is 0 Å². The zero-order chi connectivity index (χ0) is 12.5. The van der Waals surface area contributed by atoms with Gasteiger partial charge in [-0.1, -0.05) is 11.6 Å². The summed E-state index contributed by atoms with van der Waals surface area (Å²) in [6, 6.07) is 5.78. The lowest BCUT2D eigenvalue weighted by atomic mass is 10.1. The van der Waals surface area contributed by atoms with Gasteiger partial charge in [-0.25, -0.2) is 4.39 Å². The van der Waals surface area contributed by atoms with E-state index in [1.807, 2.05) is 6.07 Å². The van der Waals surface area contributed by atoms with Gasteiger partial charge in [0, 0.05) is 24.8 Å². The number of benzene rings is 1. The molecule has 1 aliphatic carbocycles. The number of nitrogens with one attached hydrogen (secondary N) is 1. The van der Waals surface area contributed by atoms with Gasteiger partial charge in [0.15, 0.2) is 0 Å². The molecule has 2 nitrogen and oxygen atoms in total. The lowest BCUT2D eigenvalue weighted by Gasteiger charge is -2.19. The van der Waals surface area contributed by atoms with E-state index in [0.29, 0.717) is 5.92 Å². The molecule has 1 unspecified atom stereocenters. The van der Waals surface area contributed by atoms with E-state index in [4.69, 9.17) is 11.6 Å². The minimum absolute atomic E-state index is 0.215. The lowest BCUT2D eigenvalue weighted by molar-refractivity contribution is 0.515. The van der Waals surface area contributed by atoms with Gasteiger partial charge in [-0.3, -0.25) is 0 Å². The first kappa shape index (κ1) is 12.2. The molecule has 18 heavy (non-hydrogen) atoms. The largest absolute Gasteiger partial charge is 0.371 e. The molecule has 2 fully saturated rings. The minimum atomic E-state index is -0.341. The molecule has 4 heteroatoms. The average Bonchev–Trinajstić information content (AvgIpc) is 3.08. The van der Waals surface area contributed by atoms with E-state index >= 15 is 0 Å². The highest BCUT2D eigenvalue weighted by molar-refractivity contribution is 6.31. The summed E-state index contributed by atoms with van der Waals surface area (Å²) < 4.78 is 13.1. The van der Waals surface area contributed by atoms with E-state index in [9.17, 15) is 4.39 Å². The van der Waals surface area contributed by atoms with Crippen LogP contribution in [0.1, 0.15) is 19.3 Å². The summed E-state index contributed by atoms with van der Waals surface area (Å²) in [6.45, 7) is 3.19. The van der Waals surface area contributed by atoms with Crippen LogP contribution in [0.2, 0.25) is 5.02 Å². The van der Waals surface area contributed by atoms with Crippen molar-refractivity contribution in [2.45, 2.75) is 25.3 Å². The second-order valence-corrected chi connectivity index (χ2v) is 5.79. The number of nitrogens with zero attached hydrogens (tertiary/aromatic N) is 1. The fraction of sp³-hybridized carbons (Fsp3) is 0.571. The van der Waals surface area contributed by atoms with E-state index < -0.39 is 0 Å². The third kappa shape index (κ3) is 2.78. The maximum absolute atomic E-state index is 13.1. The van der Waals surface area contributed by atoms with E-state index in [1.165, 1.54) is 25.3 Å². The molecule has 1 aromatic carbocycles.